The monoisotopic (exact) mass is 198 g/mol. The summed E-state index contributed by atoms with van der Waals surface area (Å²) in [6, 6.07) is 0.728. The van der Waals surface area contributed by atoms with Crippen LogP contribution < -0.4 is 11.1 Å². The van der Waals surface area contributed by atoms with Crippen molar-refractivity contribution in [3.8, 4) is 0 Å². The smallest absolute Gasteiger partial charge is 0.0275 e. The van der Waals surface area contributed by atoms with Crippen LogP contribution in [0, 0.1) is 5.92 Å². The standard InChI is InChI=1S/C12H26N2/c1-4-12(13,5-2)9-14-11-7-6-10(3)8-11/h10-11,14H,4-9,13H2,1-3H3. The van der Waals surface area contributed by atoms with Gasteiger partial charge >= 0.3 is 0 Å². The minimum atomic E-state index is 0.0197. The molecule has 0 saturated heterocycles. The third kappa shape index (κ3) is 3.25. The lowest BCUT2D eigenvalue weighted by Gasteiger charge is -2.28. The predicted molar refractivity (Wildman–Crippen MR) is 62.3 cm³/mol. The fourth-order valence-corrected chi connectivity index (χ4v) is 2.24. The van der Waals surface area contributed by atoms with Gasteiger partial charge in [-0.2, -0.15) is 0 Å². The van der Waals surface area contributed by atoms with E-state index in [9.17, 15) is 0 Å². The van der Waals surface area contributed by atoms with Crippen LogP contribution in [-0.4, -0.2) is 18.1 Å². The van der Waals surface area contributed by atoms with E-state index in [0.29, 0.717) is 0 Å². The van der Waals surface area contributed by atoms with Crippen molar-refractivity contribution in [2.75, 3.05) is 6.54 Å². The van der Waals surface area contributed by atoms with Crippen molar-refractivity contribution >= 4 is 0 Å². The Hall–Kier alpha value is -0.0800. The van der Waals surface area contributed by atoms with Crippen molar-refractivity contribution in [3.63, 3.8) is 0 Å². The summed E-state index contributed by atoms with van der Waals surface area (Å²) in [4.78, 5) is 0. The van der Waals surface area contributed by atoms with Crippen LogP contribution in [0.25, 0.3) is 0 Å². The van der Waals surface area contributed by atoms with Crippen molar-refractivity contribution in [2.24, 2.45) is 11.7 Å². The summed E-state index contributed by atoms with van der Waals surface area (Å²) >= 11 is 0. The zero-order chi connectivity index (χ0) is 10.6. The first-order valence-electron chi connectivity index (χ1n) is 6.12. The molecular weight excluding hydrogens is 172 g/mol. The zero-order valence-electron chi connectivity index (χ0n) is 9.97. The molecule has 0 aliphatic heterocycles. The molecule has 0 amide bonds. The van der Waals surface area contributed by atoms with Gasteiger partial charge in [0.2, 0.25) is 0 Å². The Balaban J connectivity index is 2.25. The van der Waals surface area contributed by atoms with Crippen molar-refractivity contribution in [1.82, 2.24) is 5.32 Å². The molecular formula is C12H26N2. The third-order valence-electron chi connectivity index (χ3n) is 3.85. The van der Waals surface area contributed by atoms with E-state index in [-0.39, 0.29) is 5.54 Å². The van der Waals surface area contributed by atoms with Crippen LogP contribution in [0.4, 0.5) is 0 Å². The van der Waals surface area contributed by atoms with Crippen molar-refractivity contribution in [1.29, 1.82) is 0 Å². The molecule has 0 heterocycles. The molecule has 2 unspecified atom stereocenters. The molecule has 0 radical (unpaired) electrons. The van der Waals surface area contributed by atoms with Gasteiger partial charge in [0.05, 0.1) is 0 Å². The van der Waals surface area contributed by atoms with Crippen LogP contribution in [0.3, 0.4) is 0 Å². The van der Waals surface area contributed by atoms with Crippen molar-refractivity contribution in [2.45, 2.75) is 64.5 Å². The Bertz CT molecular complexity index is 164. The molecule has 2 atom stereocenters. The lowest BCUT2D eigenvalue weighted by Crippen LogP contribution is -2.49. The molecule has 0 bridgehead atoms. The van der Waals surface area contributed by atoms with E-state index in [1.54, 1.807) is 0 Å². The van der Waals surface area contributed by atoms with Crippen LogP contribution >= 0.6 is 0 Å². The summed E-state index contributed by atoms with van der Waals surface area (Å²) in [5.74, 6) is 0.905. The van der Waals surface area contributed by atoms with Gasteiger partial charge in [-0.15, -0.1) is 0 Å². The molecule has 0 aromatic carbocycles. The topological polar surface area (TPSA) is 38.0 Å². The molecule has 1 saturated carbocycles. The number of hydrogen-bond acceptors (Lipinski definition) is 2. The molecule has 1 aliphatic carbocycles. The molecule has 2 nitrogen and oxygen atoms in total. The molecule has 0 aromatic heterocycles. The van der Waals surface area contributed by atoms with Crippen LogP contribution in [-0.2, 0) is 0 Å². The molecule has 0 spiro atoms. The van der Waals surface area contributed by atoms with Gasteiger partial charge in [-0.1, -0.05) is 20.8 Å². The Morgan fingerprint density at radius 3 is 2.36 bits per heavy atom. The van der Waals surface area contributed by atoms with Crippen LogP contribution in [0.5, 0.6) is 0 Å². The van der Waals surface area contributed by atoms with Gasteiger partial charge in [-0.3, -0.25) is 0 Å². The Labute approximate surface area is 88.6 Å². The van der Waals surface area contributed by atoms with Gasteiger partial charge in [0, 0.05) is 18.1 Å². The van der Waals surface area contributed by atoms with Gasteiger partial charge < -0.3 is 11.1 Å². The minimum Gasteiger partial charge on any atom is -0.324 e. The molecule has 2 heteroatoms. The minimum absolute atomic E-state index is 0.0197. The predicted octanol–water partition coefficient (Wildman–Crippen LogP) is 2.28. The molecule has 0 aromatic rings. The second-order valence-corrected chi connectivity index (χ2v) is 5.07. The van der Waals surface area contributed by atoms with E-state index >= 15 is 0 Å². The van der Waals surface area contributed by atoms with Gasteiger partial charge in [-0.05, 0) is 38.0 Å². The maximum Gasteiger partial charge on any atom is 0.0275 e. The maximum atomic E-state index is 6.25. The zero-order valence-corrected chi connectivity index (χ0v) is 9.97. The molecule has 14 heavy (non-hydrogen) atoms. The van der Waals surface area contributed by atoms with Gasteiger partial charge in [0.25, 0.3) is 0 Å². The van der Waals surface area contributed by atoms with Crippen LogP contribution in [0.15, 0.2) is 0 Å². The Kier molecular flexibility index (Phi) is 4.39. The van der Waals surface area contributed by atoms with E-state index in [0.717, 1.165) is 31.3 Å². The Morgan fingerprint density at radius 1 is 1.29 bits per heavy atom. The molecule has 1 aliphatic rings. The summed E-state index contributed by atoms with van der Waals surface area (Å²) < 4.78 is 0. The van der Waals surface area contributed by atoms with Gasteiger partial charge in [0.15, 0.2) is 0 Å². The van der Waals surface area contributed by atoms with Crippen molar-refractivity contribution < 1.29 is 0 Å². The van der Waals surface area contributed by atoms with E-state index in [1.807, 2.05) is 0 Å². The SMILES string of the molecule is CCC(N)(CC)CNC1CCC(C)C1. The van der Waals surface area contributed by atoms with Crippen LogP contribution in [0.2, 0.25) is 0 Å². The Morgan fingerprint density at radius 2 is 1.93 bits per heavy atom. The molecule has 84 valence electrons. The average molecular weight is 198 g/mol. The molecule has 3 N–H and O–H groups in total. The molecule has 1 fully saturated rings. The van der Waals surface area contributed by atoms with Crippen LogP contribution in [0.1, 0.15) is 52.9 Å². The summed E-state index contributed by atoms with van der Waals surface area (Å²) in [5.41, 5.74) is 6.27. The number of nitrogens with two attached hydrogens (primary N) is 1. The maximum absolute atomic E-state index is 6.25. The lowest BCUT2D eigenvalue weighted by atomic mass is 9.94. The summed E-state index contributed by atoms with van der Waals surface area (Å²) in [6.45, 7) is 7.69. The normalized spacial score (nSPS) is 28.3. The first-order valence-corrected chi connectivity index (χ1v) is 6.12. The highest BCUT2D eigenvalue weighted by atomic mass is 15.0. The van der Waals surface area contributed by atoms with Crippen molar-refractivity contribution in [3.05, 3.63) is 0 Å². The van der Waals surface area contributed by atoms with E-state index < -0.39 is 0 Å². The summed E-state index contributed by atoms with van der Waals surface area (Å²) in [6.07, 6.45) is 6.19. The fourth-order valence-electron chi connectivity index (χ4n) is 2.24. The summed E-state index contributed by atoms with van der Waals surface area (Å²) in [7, 11) is 0. The quantitative estimate of drug-likeness (QED) is 0.711. The first-order chi connectivity index (χ1) is 6.59. The highest BCUT2D eigenvalue weighted by Crippen LogP contribution is 2.25. The average Bonchev–Trinajstić information content (AvgIpc) is 2.61. The van der Waals surface area contributed by atoms with E-state index in [1.165, 1.54) is 19.3 Å². The largest absolute Gasteiger partial charge is 0.324 e. The van der Waals surface area contributed by atoms with Gasteiger partial charge in [0.1, 0.15) is 0 Å². The van der Waals surface area contributed by atoms with E-state index in [2.05, 4.69) is 26.1 Å². The highest BCUT2D eigenvalue weighted by molar-refractivity contribution is 4.87. The van der Waals surface area contributed by atoms with Gasteiger partial charge in [-0.25, -0.2) is 0 Å². The van der Waals surface area contributed by atoms with E-state index in [4.69, 9.17) is 5.73 Å². The molecule has 1 rings (SSSR count). The lowest BCUT2D eigenvalue weighted by molar-refractivity contribution is 0.344. The first kappa shape index (κ1) is 12.0. The number of nitrogens with one attached hydrogen (secondary N) is 1. The number of rotatable bonds is 5. The number of hydrogen-bond donors (Lipinski definition) is 2. The summed E-state index contributed by atoms with van der Waals surface area (Å²) in [5, 5.41) is 3.63. The third-order valence-corrected chi connectivity index (χ3v) is 3.85. The second kappa shape index (κ2) is 5.13. The highest BCUT2D eigenvalue weighted by Gasteiger charge is 2.25. The fraction of sp³-hybridized carbons (Fsp3) is 1.00. The second-order valence-electron chi connectivity index (χ2n) is 5.07.